The molecular weight excluding hydrogens is 196 g/mol. The largest absolute Gasteiger partial charge is 0.477 e. The Kier molecular flexibility index (Phi) is 2.50. The fourth-order valence-electron chi connectivity index (χ4n) is 0.879. The molecule has 0 radical (unpaired) electrons. The molecule has 0 spiro atoms. The van der Waals surface area contributed by atoms with E-state index in [9.17, 15) is 13.6 Å². The van der Waals surface area contributed by atoms with Crippen molar-refractivity contribution in [1.82, 2.24) is 14.8 Å². The van der Waals surface area contributed by atoms with Crippen molar-refractivity contribution in [3.63, 3.8) is 0 Å². The molecule has 1 aromatic heterocycles. The molecule has 7 heteroatoms. The standard InChI is InChI=1S/C7H9F2N3O2/c1-4-10-11-5(12(4)2)3-7(8,9)6(13)14/h3H2,1-2H3,(H,13,14). The summed E-state index contributed by atoms with van der Waals surface area (Å²) in [4.78, 5) is 10.1. The summed E-state index contributed by atoms with van der Waals surface area (Å²) in [5.74, 6) is -5.54. The first-order valence-corrected chi connectivity index (χ1v) is 3.80. The van der Waals surface area contributed by atoms with Gasteiger partial charge in [-0.3, -0.25) is 0 Å². The van der Waals surface area contributed by atoms with Gasteiger partial charge >= 0.3 is 11.9 Å². The normalized spacial score (nSPS) is 11.7. The fraction of sp³-hybridized carbons (Fsp3) is 0.571. The first kappa shape index (κ1) is 10.6. The number of halogens is 2. The van der Waals surface area contributed by atoms with E-state index in [2.05, 4.69) is 10.2 Å². The van der Waals surface area contributed by atoms with Crippen LogP contribution in [0.2, 0.25) is 0 Å². The highest BCUT2D eigenvalue weighted by Crippen LogP contribution is 2.19. The number of aliphatic carboxylic acids is 1. The lowest BCUT2D eigenvalue weighted by atomic mass is 10.2. The van der Waals surface area contributed by atoms with Crippen molar-refractivity contribution in [2.45, 2.75) is 19.3 Å². The molecule has 0 aromatic carbocycles. The Bertz CT molecular complexity index is 362. The number of aryl methyl sites for hydroxylation is 1. The zero-order valence-electron chi connectivity index (χ0n) is 7.66. The van der Waals surface area contributed by atoms with E-state index in [4.69, 9.17) is 5.11 Å². The molecule has 0 atom stereocenters. The highest BCUT2D eigenvalue weighted by Gasteiger charge is 2.40. The van der Waals surface area contributed by atoms with Crippen molar-refractivity contribution in [2.24, 2.45) is 7.05 Å². The molecule has 0 unspecified atom stereocenters. The Hall–Kier alpha value is -1.53. The van der Waals surface area contributed by atoms with Crippen LogP contribution in [-0.2, 0) is 18.3 Å². The van der Waals surface area contributed by atoms with Gasteiger partial charge in [-0.2, -0.15) is 8.78 Å². The average molecular weight is 205 g/mol. The van der Waals surface area contributed by atoms with Gasteiger partial charge in [-0.1, -0.05) is 0 Å². The molecular formula is C7H9F2N3O2. The minimum absolute atomic E-state index is 0.0464. The van der Waals surface area contributed by atoms with Gasteiger partial charge in [-0.05, 0) is 6.92 Å². The summed E-state index contributed by atoms with van der Waals surface area (Å²) < 4.78 is 26.8. The third kappa shape index (κ3) is 1.86. The lowest BCUT2D eigenvalue weighted by Gasteiger charge is -2.09. The Morgan fingerprint density at radius 3 is 2.50 bits per heavy atom. The lowest BCUT2D eigenvalue weighted by molar-refractivity contribution is -0.164. The molecule has 1 rings (SSSR count). The second-order valence-corrected chi connectivity index (χ2v) is 2.91. The number of aromatic nitrogens is 3. The van der Waals surface area contributed by atoms with Gasteiger partial charge in [0.15, 0.2) is 0 Å². The Labute approximate surface area is 78.4 Å². The molecule has 0 aliphatic carbocycles. The predicted molar refractivity (Wildman–Crippen MR) is 42.0 cm³/mol. The molecule has 5 nitrogen and oxygen atoms in total. The average Bonchev–Trinajstić information content (AvgIpc) is 2.35. The van der Waals surface area contributed by atoms with Crippen LogP contribution < -0.4 is 0 Å². The summed E-state index contributed by atoms with van der Waals surface area (Å²) in [5.41, 5.74) is 0. The van der Waals surface area contributed by atoms with E-state index in [-0.39, 0.29) is 5.82 Å². The maximum Gasteiger partial charge on any atom is 0.375 e. The third-order valence-corrected chi connectivity index (χ3v) is 1.88. The minimum atomic E-state index is -3.80. The summed E-state index contributed by atoms with van der Waals surface area (Å²) in [5, 5.41) is 15.2. The fourth-order valence-corrected chi connectivity index (χ4v) is 0.879. The van der Waals surface area contributed by atoms with E-state index in [1.807, 2.05) is 0 Å². The van der Waals surface area contributed by atoms with Crippen LogP contribution in [0.25, 0.3) is 0 Å². The molecule has 1 aromatic rings. The summed E-state index contributed by atoms with van der Waals surface area (Å²) in [6.45, 7) is 1.59. The minimum Gasteiger partial charge on any atom is -0.477 e. The van der Waals surface area contributed by atoms with Crippen LogP contribution in [0.1, 0.15) is 11.6 Å². The molecule has 14 heavy (non-hydrogen) atoms. The van der Waals surface area contributed by atoms with Crippen molar-refractivity contribution in [3.8, 4) is 0 Å². The molecule has 1 N–H and O–H groups in total. The number of hydrogen-bond acceptors (Lipinski definition) is 3. The van der Waals surface area contributed by atoms with Crippen molar-refractivity contribution < 1.29 is 18.7 Å². The van der Waals surface area contributed by atoms with Gasteiger partial charge in [0.2, 0.25) is 0 Å². The number of alkyl halides is 2. The van der Waals surface area contributed by atoms with E-state index < -0.39 is 18.3 Å². The van der Waals surface area contributed by atoms with E-state index in [1.54, 1.807) is 6.92 Å². The van der Waals surface area contributed by atoms with Gasteiger partial charge in [-0.25, -0.2) is 4.79 Å². The van der Waals surface area contributed by atoms with Crippen molar-refractivity contribution in [3.05, 3.63) is 11.6 Å². The van der Waals surface area contributed by atoms with Gasteiger partial charge in [0.25, 0.3) is 0 Å². The highest BCUT2D eigenvalue weighted by molar-refractivity contribution is 5.75. The van der Waals surface area contributed by atoms with Crippen molar-refractivity contribution in [2.75, 3.05) is 0 Å². The van der Waals surface area contributed by atoms with Crippen LogP contribution in [0.5, 0.6) is 0 Å². The van der Waals surface area contributed by atoms with Gasteiger partial charge in [0.05, 0.1) is 6.42 Å². The smallest absolute Gasteiger partial charge is 0.375 e. The number of rotatable bonds is 3. The van der Waals surface area contributed by atoms with Gasteiger partial charge in [0.1, 0.15) is 11.6 Å². The van der Waals surface area contributed by atoms with E-state index in [0.717, 1.165) is 0 Å². The van der Waals surface area contributed by atoms with E-state index in [0.29, 0.717) is 5.82 Å². The molecule has 1 heterocycles. The van der Waals surface area contributed by atoms with Gasteiger partial charge in [0, 0.05) is 7.05 Å². The number of carboxylic acids is 1. The van der Waals surface area contributed by atoms with E-state index in [1.165, 1.54) is 11.6 Å². The summed E-state index contributed by atoms with van der Waals surface area (Å²) in [6, 6.07) is 0. The van der Waals surface area contributed by atoms with Crippen LogP contribution in [0.3, 0.4) is 0 Å². The van der Waals surface area contributed by atoms with Crippen LogP contribution in [0.4, 0.5) is 8.78 Å². The number of carbonyl (C=O) groups is 1. The number of nitrogens with zero attached hydrogens (tertiary/aromatic N) is 3. The van der Waals surface area contributed by atoms with Crippen LogP contribution in [0.15, 0.2) is 0 Å². The zero-order valence-corrected chi connectivity index (χ0v) is 7.66. The Morgan fingerprint density at radius 1 is 1.57 bits per heavy atom. The second kappa shape index (κ2) is 3.32. The molecule has 0 saturated carbocycles. The molecule has 0 fully saturated rings. The molecule has 0 amide bonds. The predicted octanol–water partition coefficient (Wildman–Crippen LogP) is 0.386. The Morgan fingerprint density at radius 2 is 2.14 bits per heavy atom. The van der Waals surface area contributed by atoms with Crippen molar-refractivity contribution >= 4 is 5.97 Å². The zero-order chi connectivity index (χ0) is 10.9. The Balaban J connectivity index is 2.89. The van der Waals surface area contributed by atoms with Crippen LogP contribution in [-0.4, -0.2) is 31.8 Å². The second-order valence-electron chi connectivity index (χ2n) is 2.91. The van der Waals surface area contributed by atoms with Gasteiger partial charge < -0.3 is 9.67 Å². The summed E-state index contributed by atoms with van der Waals surface area (Å²) in [7, 11) is 1.50. The molecule has 0 aliphatic heterocycles. The third-order valence-electron chi connectivity index (χ3n) is 1.88. The molecule has 0 bridgehead atoms. The van der Waals surface area contributed by atoms with Crippen LogP contribution in [0, 0.1) is 6.92 Å². The summed E-state index contributed by atoms with van der Waals surface area (Å²) >= 11 is 0. The lowest BCUT2D eigenvalue weighted by Crippen LogP contribution is -2.31. The highest BCUT2D eigenvalue weighted by atomic mass is 19.3. The van der Waals surface area contributed by atoms with Crippen molar-refractivity contribution in [1.29, 1.82) is 0 Å². The van der Waals surface area contributed by atoms with Crippen LogP contribution >= 0.6 is 0 Å². The van der Waals surface area contributed by atoms with E-state index >= 15 is 0 Å². The topological polar surface area (TPSA) is 68.0 Å². The monoisotopic (exact) mass is 205 g/mol. The molecule has 0 saturated heterocycles. The maximum absolute atomic E-state index is 12.7. The molecule has 0 aliphatic rings. The SMILES string of the molecule is Cc1nnc(CC(F)(F)C(=O)O)n1C. The quantitative estimate of drug-likeness (QED) is 0.774. The summed E-state index contributed by atoms with van der Waals surface area (Å²) in [6.07, 6.45) is -0.945. The maximum atomic E-state index is 12.7. The first-order valence-electron chi connectivity index (χ1n) is 3.80. The number of hydrogen-bond donors (Lipinski definition) is 1. The number of carboxylic acid groups (broad SMARTS) is 1. The van der Waals surface area contributed by atoms with Gasteiger partial charge in [-0.15, -0.1) is 10.2 Å². The molecule has 78 valence electrons. The first-order chi connectivity index (χ1) is 6.34.